The number of nitrogens with zero attached hydrogens (tertiary/aromatic N) is 2. The summed E-state index contributed by atoms with van der Waals surface area (Å²) in [5.74, 6) is -0.448. The van der Waals surface area contributed by atoms with Crippen molar-refractivity contribution in [2.75, 3.05) is 28.2 Å². The van der Waals surface area contributed by atoms with Gasteiger partial charge in [0.1, 0.15) is 0 Å². The summed E-state index contributed by atoms with van der Waals surface area (Å²) < 4.78 is 2.73. The average molecular weight is 328 g/mol. The van der Waals surface area contributed by atoms with Crippen molar-refractivity contribution in [2.24, 2.45) is 5.73 Å². The van der Waals surface area contributed by atoms with Gasteiger partial charge in [-0.05, 0) is 6.07 Å². The van der Waals surface area contributed by atoms with Crippen LogP contribution in [0.15, 0.2) is 24.3 Å². The number of carbonyl (C=O) groups is 1. The molecule has 0 bridgehead atoms. The summed E-state index contributed by atoms with van der Waals surface area (Å²) in [5.41, 5.74) is 5.53. The van der Waals surface area contributed by atoms with Crippen LogP contribution in [-0.4, -0.2) is 49.6 Å². The molecule has 0 aliphatic rings. The zero-order valence-corrected chi connectivity index (χ0v) is 14.0. The summed E-state index contributed by atoms with van der Waals surface area (Å²) in [6, 6.07) is 7.28. The quantitative estimate of drug-likeness (QED) is 0.483. The topological polar surface area (TPSA) is 72.4 Å². The molecule has 2 rings (SSSR count). The Morgan fingerprint density at radius 2 is 1.90 bits per heavy atom. The van der Waals surface area contributed by atoms with E-state index < -0.39 is 5.97 Å². The predicted molar refractivity (Wildman–Crippen MR) is 86.2 cm³/mol. The van der Waals surface area contributed by atoms with Crippen molar-refractivity contribution >= 4 is 45.0 Å². The molecule has 0 atom stereocenters. The first-order valence-electron chi connectivity index (χ1n) is 6.11. The molecule has 0 spiro atoms. The number of aromatic carboxylic acids is 1. The Bertz CT molecular complexity index is 676. The minimum atomic E-state index is -1.22. The molecule has 0 fully saturated rings. The number of halogens is 1. The van der Waals surface area contributed by atoms with E-state index in [9.17, 15) is 9.90 Å². The molecule has 0 amide bonds. The highest BCUT2D eigenvalue weighted by atomic mass is 35.5. The van der Waals surface area contributed by atoms with E-state index in [4.69, 9.17) is 17.3 Å². The van der Waals surface area contributed by atoms with Crippen LogP contribution in [0.5, 0.6) is 0 Å². The van der Waals surface area contributed by atoms with Crippen molar-refractivity contribution in [3.05, 3.63) is 34.2 Å². The van der Waals surface area contributed by atoms with E-state index in [1.165, 1.54) is 0 Å². The minimum absolute atomic E-state index is 0.0999. The molecule has 1 aromatic heterocycles. The fourth-order valence-corrected chi connectivity index (χ4v) is 2.89. The van der Waals surface area contributed by atoms with Gasteiger partial charge in [0.05, 0.1) is 44.1 Å². The van der Waals surface area contributed by atoms with Gasteiger partial charge in [-0.2, -0.15) is 0 Å². The van der Waals surface area contributed by atoms with Crippen LogP contribution in [0.3, 0.4) is 0 Å². The number of hydrogen-bond donors (Lipinski definition) is 1. The number of guanidine groups is 1. The molecule has 21 heavy (non-hydrogen) atoms. The summed E-state index contributed by atoms with van der Waals surface area (Å²) in [5, 5.41) is 11.7. The van der Waals surface area contributed by atoms with Gasteiger partial charge >= 0.3 is 5.96 Å². The molecule has 2 N–H and O–H groups in total. The molecule has 0 saturated carbocycles. The molecular formula is C14H18ClN3O2S. The molecule has 0 unspecified atom stereocenters. The molecule has 1 heterocycles. The van der Waals surface area contributed by atoms with Crippen molar-refractivity contribution < 1.29 is 14.5 Å². The number of fused-ring (bicyclic) bond motifs is 1. The molecule has 1 aromatic carbocycles. The zero-order chi connectivity index (χ0) is 16.2. The van der Waals surface area contributed by atoms with E-state index >= 15 is 0 Å². The van der Waals surface area contributed by atoms with Crippen LogP contribution in [0.25, 0.3) is 10.1 Å². The van der Waals surface area contributed by atoms with Gasteiger partial charge in [0, 0.05) is 10.1 Å². The molecule has 0 radical (unpaired) electrons. The summed E-state index contributed by atoms with van der Waals surface area (Å²) in [7, 11) is 7.65. The van der Waals surface area contributed by atoms with Crippen LogP contribution < -0.4 is 10.8 Å². The second-order valence-electron chi connectivity index (χ2n) is 4.68. The summed E-state index contributed by atoms with van der Waals surface area (Å²) in [6.45, 7) is 0. The van der Waals surface area contributed by atoms with Gasteiger partial charge in [-0.15, -0.1) is 11.3 Å². The van der Waals surface area contributed by atoms with Crippen LogP contribution in [-0.2, 0) is 0 Å². The lowest BCUT2D eigenvalue weighted by atomic mass is 10.2. The van der Waals surface area contributed by atoms with Crippen molar-refractivity contribution in [2.45, 2.75) is 0 Å². The van der Waals surface area contributed by atoms with Crippen LogP contribution in [0, 0.1) is 0 Å². The van der Waals surface area contributed by atoms with Crippen molar-refractivity contribution in [1.29, 1.82) is 0 Å². The maximum atomic E-state index is 10.6. The monoisotopic (exact) mass is 327 g/mol. The van der Waals surface area contributed by atoms with E-state index in [0.29, 0.717) is 0 Å². The molecule has 7 heteroatoms. The van der Waals surface area contributed by atoms with E-state index in [0.717, 1.165) is 27.4 Å². The second-order valence-corrected chi connectivity index (χ2v) is 6.11. The largest absolute Gasteiger partial charge is 0.544 e. The van der Waals surface area contributed by atoms with E-state index in [1.54, 1.807) is 6.07 Å². The summed E-state index contributed by atoms with van der Waals surface area (Å²) >= 11 is 6.98. The minimum Gasteiger partial charge on any atom is -0.544 e. The van der Waals surface area contributed by atoms with Crippen LogP contribution in [0.4, 0.5) is 0 Å². The second kappa shape index (κ2) is 7.28. The number of nitrogens with two attached hydrogens (primary N) is 1. The Morgan fingerprint density at radius 1 is 1.33 bits per heavy atom. The van der Waals surface area contributed by atoms with E-state index in [1.807, 2.05) is 55.9 Å². The molecule has 0 saturated heterocycles. The lowest BCUT2D eigenvalue weighted by Crippen LogP contribution is -2.36. The van der Waals surface area contributed by atoms with Gasteiger partial charge in [-0.3, -0.25) is 15.2 Å². The Kier molecular flexibility index (Phi) is 5.99. The Balaban J connectivity index is 0.000000240. The number of carboxylic acids is 1. The van der Waals surface area contributed by atoms with Crippen LogP contribution in [0.1, 0.15) is 9.67 Å². The first-order valence-corrected chi connectivity index (χ1v) is 7.30. The predicted octanol–water partition coefficient (Wildman–Crippen LogP) is 1.05. The molecule has 114 valence electrons. The Labute approximate surface area is 132 Å². The number of rotatable bonds is 1. The third kappa shape index (κ3) is 4.34. The lowest BCUT2D eigenvalue weighted by Gasteiger charge is -2.04. The fraction of sp³-hybridized carbons (Fsp3) is 0.286. The van der Waals surface area contributed by atoms with Gasteiger partial charge in [0.15, 0.2) is 0 Å². The molecule has 5 nitrogen and oxygen atoms in total. The highest BCUT2D eigenvalue weighted by Crippen LogP contribution is 2.34. The summed E-state index contributed by atoms with van der Waals surface area (Å²) in [6.07, 6.45) is 0. The van der Waals surface area contributed by atoms with Crippen molar-refractivity contribution in [1.82, 2.24) is 4.90 Å². The van der Waals surface area contributed by atoms with Gasteiger partial charge in [0.2, 0.25) is 0 Å². The molecule has 0 aliphatic carbocycles. The number of hydrogen-bond acceptors (Lipinski definition) is 3. The van der Waals surface area contributed by atoms with Gasteiger partial charge < -0.3 is 9.90 Å². The maximum Gasteiger partial charge on any atom is 0.344 e. The SMILES string of the molecule is CN(C)C(N)=[N+](C)C.O=C([O-])c1sc2ccccc2c1Cl. The van der Waals surface area contributed by atoms with Crippen molar-refractivity contribution in [3.8, 4) is 0 Å². The first kappa shape index (κ1) is 17.3. The zero-order valence-electron chi connectivity index (χ0n) is 12.4. The third-order valence-corrected chi connectivity index (χ3v) is 4.29. The average Bonchev–Trinajstić information content (AvgIpc) is 2.76. The van der Waals surface area contributed by atoms with Gasteiger partial charge in [-0.25, -0.2) is 0 Å². The highest BCUT2D eigenvalue weighted by Gasteiger charge is 2.09. The fourth-order valence-electron chi connectivity index (χ4n) is 1.55. The van der Waals surface area contributed by atoms with Crippen molar-refractivity contribution in [3.63, 3.8) is 0 Å². The van der Waals surface area contributed by atoms with Crippen LogP contribution in [0.2, 0.25) is 5.02 Å². The lowest BCUT2D eigenvalue weighted by molar-refractivity contribution is -0.470. The van der Waals surface area contributed by atoms with E-state index in [2.05, 4.69) is 0 Å². The normalized spacial score (nSPS) is 9.76. The Hall–Kier alpha value is -1.79. The number of carbonyl (C=O) groups excluding carboxylic acids is 1. The third-order valence-electron chi connectivity index (χ3n) is 2.64. The molecular weight excluding hydrogens is 310 g/mol. The number of benzene rings is 1. The Morgan fingerprint density at radius 3 is 2.29 bits per heavy atom. The molecule has 0 aliphatic heterocycles. The highest BCUT2D eigenvalue weighted by molar-refractivity contribution is 7.21. The maximum absolute atomic E-state index is 10.6. The number of thiophene rings is 1. The molecule has 2 aromatic rings. The smallest absolute Gasteiger partial charge is 0.344 e. The number of carboxylic acid groups (broad SMARTS) is 1. The van der Waals surface area contributed by atoms with E-state index in [-0.39, 0.29) is 9.90 Å². The van der Waals surface area contributed by atoms with Crippen LogP contribution >= 0.6 is 22.9 Å². The standard InChI is InChI=1S/C9H5ClO2S.C5H13N3/c10-7-5-3-1-2-4-6(5)13-8(7)9(11)12;1-7(2)5(6)8(3)4/h1-4H,(H,11,12);6H,1-4H3. The summed E-state index contributed by atoms with van der Waals surface area (Å²) in [4.78, 5) is 12.6. The first-order chi connectivity index (χ1) is 9.75. The van der Waals surface area contributed by atoms with Gasteiger partial charge in [0.25, 0.3) is 0 Å². The van der Waals surface area contributed by atoms with Gasteiger partial charge in [-0.1, -0.05) is 29.8 Å².